The predicted octanol–water partition coefficient (Wildman–Crippen LogP) is 3.28. The molecule has 90 valence electrons. The van der Waals surface area contributed by atoms with E-state index in [0.717, 1.165) is 19.4 Å². The zero-order chi connectivity index (χ0) is 10.9. The maximum absolute atomic E-state index is 9.54. The maximum atomic E-state index is 9.54. The van der Waals surface area contributed by atoms with Gasteiger partial charge in [0.05, 0.1) is 12.7 Å². The van der Waals surface area contributed by atoms with Gasteiger partial charge in [-0.05, 0) is 6.42 Å². The van der Waals surface area contributed by atoms with E-state index in [4.69, 9.17) is 4.74 Å². The largest absolute Gasteiger partial charge is 0.390 e. The fraction of sp³-hybridized carbons (Fsp3) is 1.00. The van der Waals surface area contributed by atoms with E-state index in [-0.39, 0.29) is 12.2 Å². The van der Waals surface area contributed by atoms with Crippen LogP contribution in [-0.2, 0) is 4.74 Å². The summed E-state index contributed by atoms with van der Waals surface area (Å²) in [6, 6.07) is 0. The number of hydrogen-bond donors (Lipinski definition) is 1. The molecule has 0 aromatic carbocycles. The van der Waals surface area contributed by atoms with Gasteiger partial charge in [-0.15, -0.1) is 0 Å². The molecule has 1 saturated heterocycles. The Morgan fingerprint density at radius 1 is 1.07 bits per heavy atom. The predicted molar refractivity (Wildman–Crippen MR) is 63.0 cm³/mol. The van der Waals surface area contributed by atoms with Crippen molar-refractivity contribution in [2.24, 2.45) is 0 Å². The summed E-state index contributed by atoms with van der Waals surface area (Å²) in [4.78, 5) is 0. The molecule has 2 heteroatoms. The van der Waals surface area contributed by atoms with Gasteiger partial charge in [0.2, 0.25) is 0 Å². The van der Waals surface area contributed by atoms with Gasteiger partial charge in [-0.2, -0.15) is 0 Å². The standard InChI is InChI=1S/C13H26O2/c1-2-3-4-5-6-7-8-9-10-12(14)13-11-15-13/h12-14H,2-11H2,1H3/t12-,13+/m0/s1. The minimum atomic E-state index is -0.190. The van der Waals surface area contributed by atoms with E-state index in [1.807, 2.05) is 0 Å². The number of epoxide rings is 1. The molecule has 2 nitrogen and oxygen atoms in total. The summed E-state index contributed by atoms with van der Waals surface area (Å²) in [6.45, 7) is 3.03. The lowest BCUT2D eigenvalue weighted by Crippen LogP contribution is -2.13. The Morgan fingerprint density at radius 3 is 2.13 bits per heavy atom. The summed E-state index contributed by atoms with van der Waals surface area (Å²) in [5.41, 5.74) is 0. The number of rotatable bonds is 10. The average molecular weight is 214 g/mol. The third-order valence-corrected chi connectivity index (χ3v) is 3.14. The zero-order valence-corrected chi connectivity index (χ0v) is 10.1. The van der Waals surface area contributed by atoms with Gasteiger partial charge in [0, 0.05) is 0 Å². The van der Waals surface area contributed by atoms with Crippen molar-refractivity contribution in [3.05, 3.63) is 0 Å². The first-order valence-electron chi connectivity index (χ1n) is 6.64. The molecule has 0 aromatic rings. The van der Waals surface area contributed by atoms with Crippen LogP contribution in [0.2, 0.25) is 0 Å². The average Bonchev–Trinajstić information content (AvgIpc) is 3.05. The lowest BCUT2D eigenvalue weighted by atomic mass is 10.0. The maximum Gasteiger partial charge on any atom is 0.107 e. The molecule has 2 atom stereocenters. The van der Waals surface area contributed by atoms with Gasteiger partial charge in [0.1, 0.15) is 6.10 Å². The molecule has 0 spiro atoms. The third kappa shape index (κ3) is 6.91. The van der Waals surface area contributed by atoms with Crippen LogP contribution in [0.4, 0.5) is 0 Å². The lowest BCUT2D eigenvalue weighted by molar-refractivity contribution is 0.123. The molecular weight excluding hydrogens is 188 g/mol. The summed E-state index contributed by atoms with van der Waals surface area (Å²) in [7, 11) is 0. The van der Waals surface area contributed by atoms with Gasteiger partial charge in [0.15, 0.2) is 0 Å². The van der Waals surface area contributed by atoms with Crippen molar-refractivity contribution in [2.45, 2.75) is 76.9 Å². The van der Waals surface area contributed by atoms with Crippen molar-refractivity contribution in [1.82, 2.24) is 0 Å². The number of hydrogen-bond acceptors (Lipinski definition) is 2. The molecule has 0 bridgehead atoms. The third-order valence-electron chi connectivity index (χ3n) is 3.14. The summed E-state index contributed by atoms with van der Waals surface area (Å²) in [5.74, 6) is 0. The highest BCUT2D eigenvalue weighted by Crippen LogP contribution is 2.19. The molecule has 15 heavy (non-hydrogen) atoms. The Labute approximate surface area is 94.0 Å². The first kappa shape index (κ1) is 13.0. The minimum absolute atomic E-state index is 0.176. The van der Waals surface area contributed by atoms with E-state index in [1.165, 1.54) is 44.9 Å². The number of ether oxygens (including phenoxy) is 1. The van der Waals surface area contributed by atoms with E-state index in [1.54, 1.807) is 0 Å². The molecule has 1 rings (SSSR count). The van der Waals surface area contributed by atoms with Crippen molar-refractivity contribution >= 4 is 0 Å². The molecule has 0 radical (unpaired) electrons. The highest BCUT2D eigenvalue weighted by Gasteiger charge is 2.30. The molecule has 1 aliphatic rings. The molecule has 1 heterocycles. The van der Waals surface area contributed by atoms with Gasteiger partial charge in [-0.25, -0.2) is 0 Å². The number of aliphatic hydroxyl groups excluding tert-OH is 1. The van der Waals surface area contributed by atoms with Crippen LogP contribution in [0.25, 0.3) is 0 Å². The van der Waals surface area contributed by atoms with E-state index in [9.17, 15) is 5.11 Å². The summed E-state index contributed by atoms with van der Waals surface area (Å²) in [5, 5.41) is 9.54. The van der Waals surface area contributed by atoms with Crippen molar-refractivity contribution in [3.8, 4) is 0 Å². The van der Waals surface area contributed by atoms with Gasteiger partial charge in [-0.3, -0.25) is 0 Å². The van der Waals surface area contributed by atoms with E-state index in [0.29, 0.717) is 0 Å². The fourth-order valence-electron chi connectivity index (χ4n) is 1.95. The molecule has 0 aliphatic carbocycles. The van der Waals surface area contributed by atoms with Crippen LogP contribution in [0.5, 0.6) is 0 Å². The molecule has 0 saturated carbocycles. The first-order chi connectivity index (χ1) is 7.34. The first-order valence-corrected chi connectivity index (χ1v) is 6.64. The van der Waals surface area contributed by atoms with E-state index >= 15 is 0 Å². The second-order valence-corrected chi connectivity index (χ2v) is 4.70. The Kier molecular flexibility index (Phi) is 7.03. The molecule has 0 amide bonds. The van der Waals surface area contributed by atoms with Crippen LogP contribution < -0.4 is 0 Å². The molecule has 0 unspecified atom stereocenters. The summed E-state index contributed by atoms with van der Waals surface area (Å²) in [6.07, 6.45) is 11.6. The Balaban J connectivity index is 1.72. The normalized spacial score (nSPS) is 21.6. The monoisotopic (exact) mass is 214 g/mol. The highest BCUT2D eigenvalue weighted by atomic mass is 16.6. The second-order valence-electron chi connectivity index (χ2n) is 4.70. The van der Waals surface area contributed by atoms with Gasteiger partial charge in [0.25, 0.3) is 0 Å². The van der Waals surface area contributed by atoms with Crippen molar-refractivity contribution < 1.29 is 9.84 Å². The van der Waals surface area contributed by atoms with E-state index in [2.05, 4.69) is 6.92 Å². The highest BCUT2D eigenvalue weighted by molar-refractivity contribution is 4.77. The molecule has 0 aromatic heterocycles. The van der Waals surface area contributed by atoms with Crippen molar-refractivity contribution in [1.29, 1.82) is 0 Å². The minimum Gasteiger partial charge on any atom is -0.390 e. The SMILES string of the molecule is CCCCCCCCCC[C@H](O)[C@H]1CO1. The molecule has 1 N–H and O–H groups in total. The van der Waals surface area contributed by atoms with Gasteiger partial charge < -0.3 is 9.84 Å². The smallest absolute Gasteiger partial charge is 0.107 e. The second kappa shape index (κ2) is 8.12. The van der Waals surface area contributed by atoms with Gasteiger partial charge in [-0.1, -0.05) is 58.3 Å². The zero-order valence-electron chi connectivity index (χ0n) is 10.1. The van der Waals surface area contributed by atoms with E-state index < -0.39 is 0 Å². The summed E-state index contributed by atoms with van der Waals surface area (Å²) < 4.78 is 5.04. The summed E-state index contributed by atoms with van der Waals surface area (Å²) >= 11 is 0. The Hall–Kier alpha value is -0.0800. The van der Waals surface area contributed by atoms with Gasteiger partial charge >= 0.3 is 0 Å². The quantitative estimate of drug-likeness (QED) is 0.447. The molecule has 1 fully saturated rings. The topological polar surface area (TPSA) is 32.8 Å². The number of aliphatic hydroxyl groups is 1. The number of unbranched alkanes of at least 4 members (excludes halogenated alkanes) is 7. The fourth-order valence-corrected chi connectivity index (χ4v) is 1.95. The van der Waals surface area contributed by atoms with Crippen LogP contribution in [0.15, 0.2) is 0 Å². The molecule has 1 aliphatic heterocycles. The molecular formula is C13H26O2. The van der Waals surface area contributed by atoms with Crippen LogP contribution in [0.3, 0.4) is 0 Å². The van der Waals surface area contributed by atoms with Crippen LogP contribution in [-0.4, -0.2) is 23.9 Å². The Morgan fingerprint density at radius 2 is 1.60 bits per heavy atom. The Bertz CT molecular complexity index is 143. The van der Waals surface area contributed by atoms with Crippen molar-refractivity contribution in [3.63, 3.8) is 0 Å². The van der Waals surface area contributed by atoms with Crippen molar-refractivity contribution in [2.75, 3.05) is 6.61 Å². The van der Waals surface area contributed by atoms with Crippen LogP contribution in [0, 0.1) is 0 Å². The lowest BCUT2D eigenvalue weighted by Gasteiger charge is -2.06. The van der Waals surface area contributed by atoms with Crippen LogP contribution in [0.1, 0.15) is 64.7 Å². The van der Waals surface area contributed by atoms with Crippen LogP contribution >= 0.6 is 0 Å².